The Kier molecular flexibility index (Phi) is 55.7. The van der Waals surface area contributed by atoms with Gasteiger partial charge in [0.05, 0.1) is 26.4 Å². The first kappa shape index (κ1) is 84.1. The number of phosphoric ester groups is 2. The Morgan fingerprint density at radius 2 is 0.488 bits per heavy atom. The zero-order chi connectivity index (χ0) is 63.9. The van der Waals surface area contributed by atoms with Gasteiger partial charge in [0.15, 0.2) is 12.2 Å². The molecule has 0 bridgehead atoms. The normalized spacial score (nSPS) is 14.4. The molecule has 19 heteroatoms. The van der Waals surface area contributed by atoms with Crippen LogP contribution in [0.2, 0.25) is 0 Å². The van der Waals surface area contributed by atoms with Crippen molar-refractivity contribution >= 4 is 39.5 Å². The Labute approximate surface area is 524 Å². The maximum Gasteiger partial charge on any atom is 0.472 e. The van der Waals surface area contributed by atoms with Crippen LogP contribution in [0.15, 0.2) is 0 Å². The highest BCUT2D eigenvalue weighted by molar-refractivity contribution is 7.47. The molecule has 0 aromatic heterocycles. The van der Waals surface area contributed by atoms with Crippen molar-refractivity contribution in [2.75, 3.05) is 39.6 Å². The minimum atomic E-state index is -4.95. The van der Waals surface area contributed by atoms with Gasteiger partial charge in [-0.15, -0.1) is 0 Å². The molecule has 0 saturated heterocycles. The lowest BCUT2D eigenvalue weighted by atomic mass is 10.0. The van der Waals surface area contributed by atoms with Crippen LogP contribution in [-0.2, 0) is 65.4 Å². The summed E-state index contributed by atoms with van der Waals surface area (Å²) in [6.45, 7) is 14.0. The maximum absolute atomic E-state index is 13.0. The molecule has 0 aliphatic carbocycles. The third-order valence-electron chi connectivity index (χ3n) is 15.3. The molecule has 0 heterocycles. The molecule has 0 rings (SSSR count). The quantitative estimate of drug-likeness (QED) is 0.0222. The summed E-state index contributed by atoms with van der Waals surface area (Å²) in [5.41, 5.74) is 0. The molecule has 0 aliphatic heterocycles. The lowest BCUT2D eigenvalue weighted by Crippen LogP contribution is -2.30. The molecule has 5 atom stereocenters. The van der Waals surface area contributed by atoms with E-state index < -0.39 is 97.5 Å². The number of aliphatic hydroxyl groups excluding tert-OH is 1. The molecule has 0 aromatic carbocycles. The highest BCUT2D eigenvalue weighted by atomic mass is 31.2. The summed E-state index contributed by atoms with van der Waals surface area (Å²) in [5, 5.41) is 10.6. The molecule has 0 spiro atoms. The fraction of sp³-hybridized carbons (Fsp3) is 0.940. The van der Waals surface area contributed by atoms with Crippen LogP contribution in [0.3, 0.4) is 0 Å². The molecule has 17 nitrogen and oxygen atoms in total. The molecule has 0 aromatic rings. The topological polar surface area (TPSA) is 237 Å². The van der Waals surface area contributed by atoms with Crippen LogP contribution >= 0.6 is 15.6 Å². The standard InChI is InChI=1S/C67H130O17P2/c1-57(2)43-35-27-19-14-12-10-9-11-13-15-23-33-41-49-66(71)83-62(53-77-64(69)47-39-31-22-17-16-20-28-36-44-58(3)4)55-81-85(73,74)79-51-61(68)52-80-86(75,76)82-56-63(54-78-65(70)48-40-32-26-25-30-38-46-60(7)8)84-67(72)50-42-34-24-18-21-29-37-45-59(5)6/h57-63,68H,9-56H2,1-8H3,(H,73,74)(H,75,76)/t61-,62-,63-/m1/s1. The number of carbonyl (C=O) groups is 4. The predicted octanol–water partition coefficient (Wildman–Crippen LogP) is 18.5. The van der Waals surface area contributed by atoms with Crippen LogP contribution in [0.1, 0.15) is 325 Å². The van der Waals surface area contributed by atoms with Crippen molar-refractivity contribution in [3.8, 4) is 0 Å². The van der Waals surface area contributed by atoms with Crippen molar-refractivity contribution in [1.82, 2.24) is 0 Å². The van der Waals surface area contributed by atoms with Gasteiger partial charge in [0.2, 0.25) is 0 Å². The van der Waals surface area contributed by atoms with Crippen molar-refractivity contribution in [3.05, 3.63) is 0 Å². The van der Waals surface area contributed by atoms with Gasteiger partial charge >= 0.3 is 39.5 Å². The van der Waals surface area contributed by atoms with Gasteiger partial charge in [0.25, 0.3) is 0 Å². The number of rotatable bonds is 64. The summed E-state index contributed by atoms with van der Waals surface area (Å²) < 4.78 is 68.1. The van der Waals surface area contributed by atoms with Crippen LogP contribution < -0.4 is 0 Å². The van der Waals surface area contributed by atoms with E-state index >= 15 is 0 Å². The van der Waals surface area contributed by atoms with Crippen LogP contribution in [0.5, 0.6) is 0 Å². The predicted molar refractivity (Wildman–Crippen MR) is 344 cm³/mol. The fourth-order valence-electron chi connectivity index (χ4n) is 9.96. The zero-order valence-electron chi connectivity index (χ0n) is 55.9. The molecule has 0 saturated carbocycles. The second-order valence-electron chi connectivity index (χ2n) is 26.1. The SMILES string of the molecule is CC(C)CCCCCCCCCCCCCCCC(=O)O[C@H](COC(=O)CCCCCCCCCCC(C)C)COP(=O)(O)OC[C@@H](O)COP(=O)(O)OC[C@@H](COC(=O)CCCCCCCCC(C)C)OC(=O)CCCCCCCCCC(C)C. The number of hydrogen-bond donors (Lipinski definition) is 3. The highest BCUT2D eigenvalue weighted by Crippen LogP contribution is 2.45. The van der Waals surface area contributed by atoms with Crippen LogP contribution in [0, 0.1) is 23.7 Å². The van der Waals surface area contributed by atoms with Crippen LogP contribution in [0.4, 0.5) is 0 Å². The third-order valence-corrected chi connectivity index (χ3v) is 17.2. The first-order chi connectivity index (χ1) is 41.1. The van der Waals surface area contributed by atoms with Gasteiger partial charge in [-0.05, 0) is 49.4 Å². The number of esters is 4. The number of aliphatic hydroxyl groups is 1. The molecule has 0 radical (unpaired) electrons. The van der Waals surface area contributed by atoms with E-state index in [0.717, 1.165) is 108 Å². The van der Waals surface area contributed by atoms with Gasteiger partial charge in [-0.1, -0.05) is 274 Å². The average Bonchev–Trinajstić information content (AvgIpc) is 3.51. The molecule has 3 N–H and O–H groups in total. The third kappa shape index (κ3) is 60.9. The molecule has 0 aliphatic rings. The van der Waals surface area contributed by atoms with E-state index in [-0.39, 0.29) is 25.7 Å². The molecule has 86 heavy (non-hydrogen) atoms. The van der Waals surface area contributed by atoms with E-state index in [1.807, 2.05) is 0 Å². The van der Waals surface area contributed by atoms with Crippen LogP contribution in [-0.4, -0.2) is 96.7 Å². The van der Waals surface area contributed by atoms with Gasteiger partial charge in [0.1, 0.15) is 19.3 Å². The largest absolute Gasteiger partial charge is 0.472 e. The summed E-state index contributed by atoms with van der Waals surface area (Å²) >= 11 is 0. The first-order valence-corrected chi connectivity index (χ1v) is 37.7. The summed E-state index contributed by atoms with van der Waals surface area (Å²) in [6.07, 6.45) is 37.9. The van der Waals surface area contributed by atoms with Crippen molar-refractivity contribution in [2.24, 2.45) is 23.7 Å². The second kappa shape index (κ2) is 57.0. The minimum Gasteiger partial charge on any atom is -0.462 e. The molecular weight excluding hydrogens is 1140 g/mol. The van der Waals surface area contributed by atoms with Gasteiger partial charge < -0.3 is 33.8 Å². The maximum atomic E-state index is 13.0. The molecule has 0 amide bonds. The summed E-state index contributed by atoms with van der Waals surface area (Å²) in [7, 11) is -9.89. The minimum absolute atomic E-state index is 0.102. The molecule has 0 fully saturated rings. The van der Waals surface area contributed by atoms with Crippen molar-refractivity contribution < 1.29 is 80.2 Å². The summed E-state index contributed by atoms with van der Waals surface area (Å²) in [4.78, 5) is 72.3. The van der Waals surface area contributed by atoms with E-state index in [2.05, 4.69) is 55.4 Å². The van der Waals surface area contributed by atoms with E-state index in [1.165, 1.54) is 122 Å². The monoisotopic (exact) mass is 1270 g/mol. The first-order valence-electron chi connectivity index (χ1n) is 34.7. The zero-order valence-corrected chi connectivity index (χ0v) is 57.7. The number of ether oxygens (including phenoxy) is 4. The van der Waals surface area contributed by atoms with E-state index in [4.69, 9.17) is 37.0 Å². The van der Waals surface area contributed by atoms with E-state index in [0.29, 0.717) is 37.5 Å². The lowest BCUT2D eigenvalue weighted by Gasteiger charge is -2.21. The summed E-state index contributed by atoms with van der Waals surface area (Å²) in [6, 6.07) is 0. The lowest BCUT2D eigenvalue weighted by molar-refractivity contribution is -0.161. The van der Waals surface area contributed by atoms with Crippen molar-refractivity contribution in [2.45, 2.75) is 343 Å². The van der Waals surface area contributed by atoms with Crippen molar-refractivity contribution in [3.63, 3.8) is 0 Å². The van der Waals surface area contributed by atoms with Gasteiger partial charge in [-0.2, -0.15) is 0 Å². The Morgan fingerprint density at radius 1 is 0.291 bits per heavy atom. The van der Waals surface area contributed by atoms with E-state index in [9.17, 15) is 43.2 Å². The van der Waals surface area contributed by atoms with Gasteiger partial charge in [-0.25, -0.2) is 9.13 Å². The number of phosphoric acid groups is 2. The van der Waals surface area contributed by atoms with Crippen LogP contribution in [0.25, 0.3) is 0 Å². The molecular formula is C67H130O17P2. The Balaban J connectivity index is 5.23. The molecule has 510 valence electrons. The van der Waals surface area contributed by atoms with Gasteiger partial charge in [-0.3, -0.25) is 37.3 Å². The van der Waals surface area contributed by atoms with Crippen molar-refractivity contribution in [1.29, 1.82) is 0 Å². The average molecular weight is 1270 g/mol. The second-order valence-corrected chi connectivity index (χ2v) is 29.0. The van der Waals surface area contributed by atoms with E-state index in [1.54, 1.807) is 0 Å². The Bertz CT molecular complexity index is 1710. The summed E-state index contributed by atoms with van der Waals surface area (Å²) in [5.74, 6) is 0.750. The number of unbranched alkanes of at least 4 members (excludes halogenated alkanes) is 30. The van der Waals surface area contributed by atoms with Gasteiger partial charge in [0, 0.05) is 25.7 Å². The Morgan fingerprint density at radius 3 is 0.721 bits per heavy atom. The smallest absolute Gasteiger partial charge is 0.462 e. The number of carbonyl (C=O) groups excluding carboxylic acids is 4. The fourth-order valence-corrected chi connectivity index (χ4v) is 11.5. The molecule has 2 unspecified atom stereocenters. The number of hydrogen-bond acceptors (Lipinski definition) is 15. The highest BCUT2D eigenvalue weighted by Gasteiger charge is 2.30. The Hall–Kier alpha value is -1.94.